The van der Waals surface area contributed by atoms with Crippen molar-refractivity contribution >= 4 is 29.5 Å². The van der Waals surface area contributed by atoms with Crippen molar-refractivity contribution in [2.75, 3.05) is 26.6 Å². The molecule has 3 N–H and O–H groups in total. The van der Waals surface area contributed by atoms with Crippen LogP contribution in [0.2, 0.25) is 0 Å². The van der Waals surface area contributed by atoms with Gasteiger partial charge < -0.3 is 30.0 Å². The van der Waals surface area contributed by atoms with E-state index in [4.69, 9.17) is 14.2 Å². The number of carboxylic acids is 1. The van der Waals surface area contributed by atoms with E-state index < -0.39 is 17.8 Å². The monoisotopic (exact) mass is 476 g/mol. The quantitative estimate of drug-likeness (QED) is 0.401. The second-order valence-electron chi connectivity index (χ2n) is 7.16. The maximum absolute atomic E-state index is 13.3. The Morgan fingerprint density at radius 2 is 1.49 bits per heavy atom. The molecule has 3 rings (SSSR count). The van der Waals surface area contributed by atoms with Gasteiger partial charge in [0.05, 0.1) is 32.6 Å². The van der Waals surface area contributed by atoms with Crippen LogP contribution in [0.5, 0.6) is 17.2 Å². The Kier molecular flexibility index (Phi) is 8.07. The highest BCUT2D eigenvalue weighted by molar-refractivity contribution is 6.11. The van der Waals surface area contributed by atoms with Crippen LogP contribution in [0.3, 0.4) is 0 Å². The van der Waals surface area contributed by atoms with E-state index in [9.17, 15) is 19.5 Å². The minimum Gasteiger partial charge on any atom is -0.497 e. The smallest absolute Gasteiger partial charge is 0.335 e. The van der Waals surface area contributed by atoms with Gasteiger partial charge in [-0.15, -0.1) is 0 Å². The third-order valence-corrected chi connectivity index (χ3v) is 4.96. The molecular formula is C26H24N2O7. The first kappa shape index (κ1) is 24.8. The molecule has 0 heterocycles. The number of anilines is 1. The van der Waals surface area contributed by atoms with Crippen LogP contribution in [0.25, 0.3) is 6.08 Å². The predicted octanol–water partition coefficient (Wildman–Crippen LogP) is 3.82. The van der Waals surface area contributed by atoms with E-state index in [1.807, 2.05) is 0 Å². The van der Waals surface area contributed by atoms with Crippen molar-refractivity contribution in [1.82, 2.24) is 5.32 Å². The summed E-state index contributed by atoms with van der Waals surface area (Å²) in [5.74, 6) is -1.19. The lowest BCUT2D eigenvalue weighted by Crippen LogP contribution is -2.31. The van der Waals surface area contributed by atoms with E-state index >= 15 is 0 Å². The third kappa shape index (κ3) is 6.17. The Morgan fingerprint density at radius 3 is 2.11 bits per heavy atom. The Balaban J connectivity index is 2.04. The van der Waals surface area contributed by atoms with Crippen LogP contribution in [0.4, 0.5) is 5.69 Å². The number of benzene rings is 3. The van der Waals surface area contributed by atoms with Gasteiger partial charge in [-0.1, -0.05) is 18.2 Å². The lowest BCUT2D eigenvalue weighted by atomic mass is 10.1. The molecule has 0 bridgehead atoms. The zero-order chi connectivity index (χ0) is 25.4. The van der Waals surface area contributed by atoms with Crippen molar-refractivity contribution in [2.45, 2.75) is 0 Å². The van der Waals surface area contributed by atoms with E-state index in [2.05, 4.69) is 10.6 Å². The third-order valence-electron chi connectivity index (χ3n) is 4.96. The average Bonchev–Trinajstić information content (AvgIpc) is 2.88. The van der Waals surface area contributed by atoms with Gasteiger partial charge in [-0.25, -0.2) is 4.79 Å². The van der Waals surface area contributed by atoms with Crippen molar-refractivity contribution in [1.29, 1.82) is 0 Å². The summed E-state index contributed by atoms with van der Waals surface area (Å²) in [7, 11) is 4.37. The topological polar surface area (TPSA) is 123 Å². The number of amides is 2. The lowest BCUT2D eigenvalue weighted by molar-refractivity contribution is -0.113. The van der Waals surface area contributed by atoms with E-state index in [0.29, 0.717) is 22.6 Å². The normalized spacial score (nSPS) is 10.8. The van der Waals surface area contributed by atoms with Gasteiger partial charge in [0.1, 0.15) is 22.9 Å². The summed E-state index contributed by atoms with van der Waals surface area (Å²) < 4.78 is 15.9. The highest BCUT2D eigenvalue weighted by Crippen LogP contribution is 2.28. The molecule has 2 amide bonds. The number of aromatic carboxylic acids is 1. The number of nitrogens with one attached hydrogen (secondary N) is 2. The van der Waals surface area contributed by atoms with Gasteiger partial charge >= 0.3 is 5.97 Å². The molecule has 0 saturated heterocycles. The number of carbonyl (C=O) groups excluding carboxylic acids is 2. The van der Waals surface area contributed by atoms with Crippen molar-refractivity contribution in [3.05, 3.63) is 89.1 Å². The summed E-state index contributed by atoms with van der Waals surface area (Å²) in [4.78, 5) is 37.6. The van der Waals surface area contributed by atoms with Crippen molar-refractivity contribution in [2.24, 2.45) is 0 Å². The van der Waals surface area contributed by atoms with E-state index in [-0.39, 0.29) is 22.7 Å². The minimum atomic E-state index is -1.17. The molecule has 0 radical (unpaired) electrons. The van der Waals surface area contributed by atoms with Crippen LogP contribution >= 0.6 is 0 Å². The van der Waals surface area contributed by atoms with Gasteiger partial charge in [0.25, 0.3) is 11.8 Å². The van der Waals surface area contributed by atoms with Crippen LogP contribution in [-0.4, -0.2) is 44.2 Å². The molecule has 0 aliphatic carbocycles. The first-order valence-electron chi connectivity index (χ1n) is 10.4. The molecule has 9 heteroatoms. The van der Waals surface area contributed by atoms with Gasteiger partial charge in [-0.3, -0.25) is 9.59 Å². The first-order valence-corrected chi connectivity index (χ1v) is 10.4. The molecular weight excluding hydrogens is 452 g/mol. The SMILES string of the molecule is COc1ccc(OC)c(/C=C(\NC(=O)c2ccccc2)C(=O)Nc2cc(C(=O)O)ccc2OC)c1. The van der Waals surface area contributed by atoms with Crippen molar-refractivity contribution < 1.29 is 33.7 Å². The zero-order valence-corrected chi connectivity index (χ0v) is 19.3. The fourth-order valence-corrected chi connectivity index (χ4v) is 3.18. The van der Waals surface area contributed by atoms with Crippen LogP contribution in [0.15, 0.2) is 72.4 Å². The second kappa shape index (κ2) is 11.4. The molecule has 0 atom stereocenters. The van der Waals surface area contributed by atoms with Gasteiger partial charge in [0.2, 0.25) is 0 Å². The summed E-state index contributed by atoms with van der Waals surface area (Å²) in [6.45, 7) is 0. The maximum atomic E-state index is 13.3. The van der Waals surface area contributed by atoms with Crippen LogP contribution in [0.1, 0.15) is 26.3 Å². The number of ether oxygens (including phenoxy) is 3. The number of carboxylic acid groups (broad SMARTS) is 1. The number of hydrogen-bond donors (Lipinski definition) is 3. The molecule has 35 heavy (non-hydrogen) atoms. The molecule has 3 aromatic rings. The molecule has 0 spiro atoms. The fourth-order valence-electron chi connectivity index (χ4n) is 3.18. The summed E-state index contributed by atoms with van der Waals surface area (Å²) in [5.41, 5.74) is 0.767. The van der Waals surface area contributed by atoms with Crippen molar-refractivity contribution in [3.8, 4) is 17.2 Å². The molecule has 180 valence electrons. The highest BCUT2D eigenvalue weighted by Gasteiger charge is 2.19. The van der Waals surface area contributed by atoms with E-state index in [0.717, 1.165) is 0 Å². The van der Waals surface area contributed by atoms with Crippen molar-refractivity contribution in [3.63, 3.8) is 0 Å². The molecule has 0 aliphatic heterocycles. The first-order chi connectivity index (χ1) is 16.9. The van der Waals surface area contributed by atoms with Gasteiger partial charge in [0.15, 0.2) is 0 Å². The number of methoxy groups -OCH3 is 3. The minimum absolute atomic E-state index is 0.0468. The molecule has 0 unspecified atom stereocenters. The molecule has 9 nitrogen and oxygen atoms in total. The summed E-state index contributed by atoms with van der Waals surface area (Å²) >= 11 is 0. The number of carbonyl (C=O) groups is 3. The van der Waals surface area contributed by atoms with Gasteiger partial charge in [0, 0.05) is 11.1 Å². The fraction of sp³-hybridized carbons (Fsp3) is 0.115. The largest absolute Gasteiger partial charge is 0.497 e. The molecule has 3 aromatic carbocycles. The Bertz CT molecular complexity index is 1270. The molecule has 0 saturated carbocycles. The van der Waals surface area contributed by atoms with Crippen LogP contribution < -0.4 is 24.8 Å². The van der Waals surface area contributed by atoms with E-state index in [1.165, 1.54) is 45.6 Å². The summed E-state index contributed by atoms with van der Waals surface area (Å²) in [5, 5.41) is 14.6. The molecule has 0 aromatic heterocycles. The summed E-state index contributed by atoms with van der Waals surface area (Å²) in [6, 6.07) is 17.4. The van der Waals surface area contributed by atoms with Gasteiger partial charge in [-0.2, -0.15) is 0 Å². The van der Waals surface area contributed by atoms with Gasteiger partial charge in [-0.05, 0) is 54.6 Å². The van der Waals surface area contributed by atoms with Crippen LogP contribution in [-0.2, 0) is 4.79 Å². The Hall–Kier alpha value is -4.79. The zero-order valence-electron chi connectivity index (χ0n) is 19.3. The second-order valence-corrected chi connectivity index (χ2v) is 7.16. The molecule has 0 aliphatic rings. The summed E-state index contributed by atoms with van der Waals surface area (Å²) in [6.07, 6.45) is 1.44. The Morgan fingerprint density at radius 1 is 0.800 bits per heavy atom. The Labute approximate surface area is 201 Å². The number of hydrogen-bond acceptors (Lipinski definition) is 6. The van der Waals surface area contributed by atoms with Crippen LogP contribution in [0, 0.1) is 0 Å². The lowest BCUT2D eigenvalue weighted by Gasteiger charge is -2.15. The molecule has 0 fully saturated rings. The standard InChI is InChI=1S/C26H24N2O7/c1-33-19-10-12-22(34-2)18(13-19)15-21(28-24(29)16-7-5-4-6-8-16)25(30)27-20-14-17(26(31)32)9-11-23(20)35-3/h4-15H,1-3H3,(H,27,30)(H,28,29)(H,31,32)/b21-15-. The highest BCUT2D eigenvalue weighted by atomic mass is 16.5. The van der Waals surface area contributed by atoms with E-state index in [1.54, 1.807) is 48.5 Å². The maximum Gasteiger partial charge on any atom is 0.335 e. The average molecular weight is 476 g/mol. The number of rotatable bonds is 9. The predicted molar refractivity (Wildman–Crippen MR) is 130 cm³/mol.